The number of ketones is 1. The minimum atomic E-state index is 0.00411. The van der Waals surface area contributed by atoms with Crippen molar-refractivity contribution < 1.29 is 9.59 Å². The molecule has 0 fully saturated rings. The molecule has 4 heteroatoms. The van der Waals surface area contributed by atoms with Crippen molar-refractivity contribution in [2.45, 2.75) is 26.3 Å². The van der Waals surface area contributed by atoms with Gasteiger partial charge in [0.05, 0.1) is 0 Å². The Morgan fingerprint density at radius 1 is 1.04 bits per heavy atom. The highest BCUT2D eigenvalue weighted by Crippen LogP contribution is 2.18. The van der Waals surface area contributed by atoms with E-state index in [1.165, 1.54) is 18.1 Å². The number of nitrogens with zero attached hydrogens (tertiary/aromatic N) is 1. The molecule has 0 spiro atoms. The zero-order valence-corrected chi connectivity index (χ0v) is 13.9. The molecule has 124 valence electrons. The van der Waals surface area contributed by atoms with Crippen LogP contribution in [-0.4, -0.2) is 29.7 Å². The molecule has 0 unspecified atom stereocenters. The summed E-state index contributed by atoms with van der Waals surface area (Å²) in [5, 5.41) is 2.89. The minimum absolute atomic E-state index is 0.00411. The van der Waals surface area contributed by atoms with Crippen LogP contribution in [0.4, 0.5) is 5.69 Å². The molecule has 0 bridgehead atoms. The third-order valence-electron chi connectivity index (χ3n) is 4.44. The van der Waals surface area contributed by atoms with Crippen molar-refractivity contribution in [3.8, 4) is 0 Å². The third-order valence-corrected chi connectivity index (χ3v) is 4.44. The van der Waals surface area contributed by atoms with Gasteiger partial charge in [-0.1, -0.05) is 24.3 Å². The number of hydrogen-bond donors (Lipinski definition) is 1. The number of Topliss-reactive ketones (excluding diaryl/α,β-unsaturated/α-hetero) is 1. The fraction of sp³-hybridized carbons (Fsp3) is 0.300. The molecule has 0 atom stereocenters. The van der Waals surface area contributed by atoms with E-state index in [0.29, 0.717) is 12.0 Å². The molecule has 1 aliphatic rings. The van der Waals surface area contributed by atoms with Crippen LogP contribution in [0, 0.1) is 0 Å². The number of anilines is 1. The van der Waals surface area contributed by atoms with E-state index < -0.39 is 0 Å². The van der Waals surface area contributed by atoms with Crippen LogP contribution in [0.2, 0.25) is 0 Å². The number of carbonyl (C=O) groups is 2. The lowest BCUT2D eigenvalue weighted by Gasteiger charge is -2.28. The summed E-state index contributed by atoms with van der Waals surface area (Å²) in [6.45, 7) is 4.20. The number of fused-ring (bicyclic) bond motifs is 1. The van der Waals surface area contributed by atoms with E-state index in [9.17, 15) is 9.59 Å². The van der Waals surface area contributed by atoms with Gasteiger partial charge < -0.3 is 5.32 Å². The highest BCUT2D eigenvalue weighted by Gasteiger charge is 2.16. The Bertz CT molecular complexity index is 738. The van der Waals surface area contributed by atoms with Crippen molar-refractivity contribution in [3.63, 3.8) is 0 Å². The van der Waals surface area contributed by atoms with Crippen LogP contribution in [0.1, 0.15) is 34.8 Å². The topological polar surface area (TPSA) is 49.4 Å². The molecule has 24 heavy (non-hydrogen) atoms. The minimum Gasteiger partial charge on any atom is -0.326 e. The summed E-state index contributed by atoms with van der Waals surface area (Å²) < 4.78 is 0. The third kappa shape index (κ3) is 4.09. The SMILES string of the molecule is CC(=O)c1ccc(NC(=O)CCN2CCc3ccccc3C2)cc1. The molecule has 1 heterocycles. The molecular weight excluding hydrogens is 300 g/mol. The summed E-state index contributed by atoms with van der Waals surface area (Å²) in [7, 11) is 0. The maximum Gasteiger partial charge on any atom is 0.225 e. The van der Waals surface area contributed by atoms with Gasteiger partial charge in [-0.25, -0.2) is 0 Å². The molecule has 0 saturated heterocycles. The van der Waals surface area contributed by atoms with Gasteiger partial charge >= 0.3 is 0 Å². The quantitative estimate of drug-likeness (QED) is 0.860. The van der Waals surface area contributed by atoms with Crippen LogP contribution >= 0.6 is 0 Å². The number of rotatable bonds is 5. The predicted molar refractivity (Wildman–Crippen MR) is 95.1 cm³/mol. The van der Waals surface area contributed by atoms with E-state index >= 15 is 0 Å². The molecule has 1 aliphatic heterocycles. The maximum atomic E-state index is 12.1. The van der Waals surface area contributed by atoms with Crippen LogP contribution in [0.25, 0.3) is 0 Å². The maximum absolute atomic E-state index is 12.1. The summed E-state index contributed by atoms with van der Waals surface area (Å²) in [5.74, 6) is 0.0303. The summed E-state index contributed by atoms with van der Waals surface area (Å²) in [6, 6.07) is 15.5. The second kappa shape index (κ2) is 7.41. The molecule has 3 rings (SSSR count). The van der Waals surface area contributed by atoms with Crippen molar-refractivity contribution in [1.82, 2.24) is 4.90 Å². The Kier molecular flexibility index (Phi) is 5.06. The van der Waals surface area contributed by atoms with Crippen molar-refractivity contribution in [2.24, 2.45) is 0 Å². The largest absolute Gasteiger partial charge is 0.326 e. The second-order valence-electron chi connectivity index (χ2n) is 6.23. The first-order valence-corrected chi connectivity index (χ1v) is 8.32. The lowest BCUT2D eigenvalue weighted by atomic mass is 10.00. The van der Waals surface area contributed by atoms with Gasteiger partial charge in [0.25, 0.3) is 0 Å². The Morgan fingerprint density at radius 2 is 1.75 bits per heavy atom. The molecule has 0 aliphatic carbocycles. The van der Waals surface area contributed by atoms with E-state index in [-0.39, 0.29) is 11.7 Å². The zero-order chi connectivity index (χ0) is 16.9. The van der Waals surface area contributed by atoms with Gasteiger partial charge in [0.2, 0.25) is 5.91 Å². The predicted octanol–water partition coefficient (Wildman–Crippen LogP) is 3.28. The average Bonchev–Trinajstić information content (AvgIpc) is 2.60. The van der Waals surface area contributed by atoms with Crippen LogP contribution in [0.15, 0.2) is 48.5 Å². The van der Waals surface area contributed by atoms with Gasteiger partial charge in [-0.05, 0) is 48.7 Å². The van der Waals surface area contributed by atoms with Gasteiger partial charge in [0, 0.05) is 37.3 Å². The normalized spacial score (nSPS) is 14.0. The van der Waals surface area contributed by atoms with E-state index in [4.69, 9.17) is 0 Å². The second-order valence-corrected chi connectivity index (χ2v) is 6.23. The Morgan fingerprint density at radius 3 is 2.46 bits per heavy atom. The van der Waals surface area contributed by atoms with Gasteiger partial charge in [-0.15, -0.1) is 0 Å². The fourth-order valence-corrected chi connectivity index (χ4v) is 3.02. The average molecular weight is 322 g/mol. The lowest BCUT2D eigenvalue weighted by molar-refractivity contribution is -0.116. The van der Waals surface area contributed by atoms with Crippen LogP contribution in [-0.2, 0) is 17.8 Å². The Hall–Kier alpha value is -2.46. The molecule has 0 aromatic heterocycles. The molecule has 1 amide bonds. The first-order valence-electron chi connectivity index (χ1n) is 8.32. The Balaban J connectivity index is 1.48. The monoisotopic (exact) mass is 322 g/mol. The van der Waals surface area contributed by atoms with Crippen LogP contribution in [0.5, 0.6) is 0 Å². The molecule has 1 N–H and O–H groups in total. The van der Waals surface area contributed by atoms with Gasteiger partial charge in [-0.3, -0.25) is 14.5 Å². The summed E-state index contributed by atoms with van der Waals surface area (Å²) >= 11 is 0. The lowest BCUT2D eigenvalue weighted by Crippen LogP contribution is -2.33. The molecule has 4 nitrogen and oxygen atoms in total. The number of carbonyl (C=O) groups excluding carboxylic acids is 2. The van der Waals surface area contributed by atoms with E-state index in [2.05, 4.69) is 34.5 Å². The molecule has 0 saturated carbocycles. The van der Waals surface area contributed by atoms with Crippen molar-refractivity contribution in [1.29, 1.82) is 0 Å². The van der Waals surface area contributed by atoms with Gasteiger partial charge in [0.15, 0.2) is 5.78 Å². The highest BCUT2D eigenvalue weighted by molar-refractivity contribution is 5.95. The highest BCUT2D eigenvalue weighted by atomic mass is 16.1. The summed E-state index contributed by atoms with van der Waals surface area (Å²) in [6.07, 6.45) is 1.51. The van der Waals surface area contributed by atoms with Gasteiger partial charge in [0.1, 0.15) is 0 Å². The van der Waals surface area contributed by atoms with Crippen molar-refractivity contribution >= 4 is 17.4 Å². The first kappa shape index (κ1) is 16.4. The zero-order valence-electron chi connectivity index (χ0n) is 13.9. The van der Waals surface area contributed by atoms with E-state index in [1.807, 2.05) is 0 Å². The molecular formula is C20H22N2O2. The van der Waals surface area contributed by atoms with Crippen LogP contribution in [0.3, 0.4) is 0 Å². The van der Waals surface area contributed by atoms with Crippen LogP contribution < -0.4 is 5.32 Å². The standard InChI is InChI=1S/C20H22N2O2/c1-15(23)16-6-8-19(9-7-16)21-20(24)11-13-22-12-10-17-4-2-3-5-18(17)14-22/h2-9H,10-14H2,1H3,(H,21,24). The van der Waals surface area contributed by atoms with Crippen molar-refractivity contribution in [2.75, 3.05) is 18.4 Å². The van der Waals surface area contributed by atoms with Gasteiger partial charge in [-0.2, -0.15) is 0 Å². The summed E-state index contributed by atoms with van der Waals surface area (Å²) in [5.41, 5.74) is 4.17. The number of hydrogen-bond acceptors (Lipinski definition) is 3. The number of benzene rings is 2. The van der Waals surface area contributed by atoms with E-state index in [1.54, 1.807) is 24.3 Å². The van der Waals surface area contributed by atoms with E-state index in [0.717, 1.165) is 31.7 Å². The smallest absolute Gasteiger partial charge is 0.225 e. The van der Waals surface area contributed by atoms with Crippen molar-refractivity contribution in [3.05, 3.63) is 65.2 Å². The number of amides is 1. The molecule has 2 aromatic rings. The Labute approximate surface area is 142 Å². The molecule has 0 radical (unpaired) electrons. The first-order chi connectivity index (χ1) is 11.6. The molecule has 2 aromatic carbocycles. The fourth-order valence-electron chi connectivity index (χ4n) is 3.02. The number of nitrogens with one attached hydrogen (secondary N) is 1. The summed E-state index contributed by atoms with van der Waals surface area (Å²) in [4.78, 5) is 25.7.